The highest BCUT2D eigenvalue weighted by Gasteiger charge is 2.17. The van der Waals surface area contributed by atoms with E-state index >= 15 is 0 Å². The third-order valence-corrected chi connectivity index (χ3v) is 3.23. The van der Waals surface area contributed by atoms with Crippen molar-refractivity contribution in [3.05, 3.63) is 24.0 Å². The number of piperidine rings is 1. The average Bonchev–Trinajstić information content (AvgIpc) is 2.38. The zero-order chi connectivity index (χ0) is 11.2. The second kappa shape index (κ2) is 5.92. The molecule has 1 aromatic rings. The van der Waals surface area contributed by atoms with Gasteiger partial charge in [-0.1, -0.05) is 6.92 Å². The van der Waals surface area contributed by atoms with Crippen LogP contribution >= 0.6 is 0 Å². The number of likely N-dealkylation sites (tertiary alicyclic amines) is 1. The van der Waals surface area contributed by atoms with Crippen molar-refractivity contribution in [2.75, 3.05) is 19.6 Å². The molecule has 1 N–H and O–H groups in total. The summed E-state index contributed by atoms with van der Waals surface area (Å²) in [6.07, 6.45) is 4.20. The van der Waals surface area contributed by atoms with Crippen molar-refractivity contribution in [1.29, 1.82) is 0 Å². The molecule has 0 amide bonds. The molecule has 0 aromatic carbocycles. The van der Waals surface area contributed by atoms with Crippen LogP contribution in [-0.4, -0.2) is 40.8 Å². The summed E-state index contributed by atoms with van der Waals surface area (Å²) >= 11 is 0. The van der Waals surface area contributed by atoms with Crippen LogP contribution in [0.5, 0.6) is 0 Å². The second-order valence-corrected chi connectivity index (χ2v) is 4.30. The van der Waals surface area contributed by atoms with Crippen molar-refractivity contribution < 1.29 is 0 Å². The van der Waals surface area contributed by atoms with E-state index in [1.165, 1.54) is 32.5 Å². The van der Waals surface area contributed by atoms with Crippen LogP contribution in [0.3, 0.4) is 0 Å². The van der Waals surface area contributed by atoms with Crippen molar-refractivity contribution in [1.82, 2.24) is 20.4 Å². The maximum Gasteiger partial charge on any atom is 0.0769 e. The molecule has 0 aliphatic carbocycles. The first-order valence-electron chi connectivity index (χ1n) is 6.11. The molecule has 0 spiro atoms. The molecule has 2 rings (SSSR count). The molecule has 0 radical (unpaired) electrons. The van der Waals surface area contributed by atoms with Crippen LogP contribution in [0.25, 0.3) is 0 Å². The first kappa shape index (κ1) is 11.5. The molecule has 1 fully saturated rings. The van der Waals surface area contributed by atoms with E-state index in [1.807, 2.05) is 12.1 Å². The first-order valence-corrected chi connectivity index (χ1v) is 6.11. The summed E-state index contributed by atoms with van der Waals surface area (Å²) in [5, 5.41) is 11.5. The molecule has 4 nitrogen and oxygen atoms in total. The zero-order valence-corrected chi connectivity index (χ0v) is 9.89. The molecule has 1 aromatic heterocycles. The van der Waals surface area contributed by atoms with Gasteiger partial charge in [-0.05, 0) is 44.6 Å². The molecule has 2 heterocycles. The number of aromatic nitrogens is 2. The largest absolute Gasteiger partial charge is 0.308 e. The van der Waals surface area contributed by atoms with Gasteiger partial charge in [-0.25, -0.2) is 0 Å². The number of hydrogen-bond donors (Lipinski definition) is 1. The highest BCUT2D eigenvalue weighted by Crippen LogP contribution is 2.10. The normalized spacial score (nSPS) is 18.8. The van der Waals surface area contributed by atoms with E-state index in [0.717, 1.165) is 12.2 Å². The smallest absolute Gasteiger partial charge is 0.0769 e. The summed E-state index contributed by atoms with van der Waals surface area (Å²) in [6, 6.07) is 4.59. The Morgan fingerprint density at radius 3 is 2.88 bits per heavy atom. The quantitative estimate of drug-likeness (QED) is 0.823. The lowest BCUT2D eigenvalue weighted by molar-refractivity contribution is 0.205. The van der Waals surface area contributed by atoms with E-state index in [9.17, 15) is 0 Å². The molecule has 0 saturated carbocycles. The molecule has 1 aliphatic rings. The van der Waals surface area contributed by atoms with Gasteiger partial charge in [0.1, 0.15) is 0 Å². The Labute approximate surface area is 97.1 Å². The number of nitrogens with zero attached hydrogens (tertiary/aromatic N) is 3. The van der Waals surface area contributed by atoms with Crippen molar-refractivity contribution in [2.24, 2.45) is 0 Å². The molecule has 0 atom stereocenters. The SMILES string of the molecule is CCN1CCC(NCc2cccnn2)CC1. The Kier molecular flexibility index (Phi) is 4.25. The van der Waals surface area contributed by atoms with Crippen molar-refractivity contribution >= 4 is 0 Å². The van der Waals surface area contributed by atoms with Gasteiger partial charge in [-0.15, -0.1) is 0 Å². The number of rotatable bonds is 4. The third-order valence-electron chi connectivity index (χ3n) is 3.23. The summed E-state index contributed by atoms with van der Waals surface area (Å²) in [4.78, 5) is 2.50. The third kappa shape index (κ3) is 3.25. The summed E-state index contributed by atoms with van der Waals surface area (Å²) in [6.45, 7) is 6.68. The monoisotopic (exact) mass is 220 g/mol. The van der Waals surface area contributed by atoms with Gasteiger partial charge < -0.3 is 10.2 Å². The fourth-order valence-corrected chi connectivity index (χ4v) is 2.13. The van der Waals surface area contributed by atoms with E-state index in [-0.39, 0.29) is 0 Å². The lowest BCUT2D eigenvalue weighted by Crippen LogP contribution is -2.42. The van der Waals surface area contributed by atoms with Crippen LogP contribution in [0.2, 0.25) is 0 Å². The fraction of sp³-hybridized carbons (Fsp3) is 0.667. The Morgan fingerprint density at radius 2 is 2.25 bits per heavy atom. The van der Waals surface area contributed by atoms with Crippen LogP contribution in [0.1, 0.15) is 25.5 Å². The minimum atomic E-state index is 0.643. The lowest BCUT2D eigenvalue weighted by atomic mass is 10.1. The number of nitrogens with one attached hydrogen (secondary N) is 1. The van der Waals surface area contributed by atoms with Crippen LogP contribution < -0.4 is 5.32 Å². The molecule has 0 bridgehead atoms. The minimum Gasteiger partial charge on any atom is -0.308 e. The standard InChI is InChI=1S/C12H20N4/c1-2-16-8-5-11(6-9-16)13-10-12-4-3-7-14-15-12/h3-4,7,11,13H,2,5-6,8-10H2,1H3. The lowest BCUT2D eigenvalue weighted by Gasteiger charge is -2.31. The maximum atomic E-state index is 4.07. The molecule has 1 saturated heterocycles. The van der Waals surface area contributed by atoms with Gasteiger partial charge in [0.25, 0.3) is 0 Å². The van der Waals surface area contributed by atoms with E-state index in [4.69, 9.17) is 0 Å². The Bertz CT molecular complexity index is 293. The Balaban J connectivity index is 1.72. The van der Waals surface area contributed by atoms with E-state index < -0.39 is 0 Å². The summed E-state index contributed by atoms with van der Waals surface area (Å²) in [7, 11) is 0. The second-order valence-electron chi connectivity index (χ2n) is 4.30. The summed E-state index contributed by atoms with van der Waals surface area (Å²) < 4.78 is 0. The average molecular weight is 220 g/mol. The fourth-order valence-electron chi connectivity index (χ4n) is 2.13. The molecule has 4 heteroatoms. The topological polar surface area (TPSA) is 41.0 Å². The van der Waals surface area contributed by atoms with Crippen molar-refractivity contribution in [2.45, 2.75) is 32.4 Å². The van der Waals surface area contributed by atoms with Crippen molar-refractivity contribution in [3.63, 3.8) is 0 Å². The molecule has 1 aliphatic heterocycles. The van der Waals surface area contributed by atoms with Gasteiger partial charge in [-0.3, -0.25) is 0 Å². The van der Waals surface area contributed by atoms with Crippen LogP contribution in [0, 0.1) is 0 Å². The van der Waals surface area contributed by atoms with Crippen LogP contribution in [-0.2, 0) is 6.54 Å². The first-order chi connectivity index (χ1) is 7.88. The molecule has 88 valence electrons. The van der Waals surface area contributed by atoms with E-state index in [0.29, 0.717) is 6.04 Å². The van der Waals surface area contributed by atoms with Gasteiger partial charge in [0.2, 0.25) is 0 Å². The maximum absolute atomic E-state index is 4.07. The van der Waals surface area contributed by atoms with Crippen LogP contribution in [0.15, 0.2) is 18.3 Å². The predicted molar refractivity (Wildman–Crippen MR) is 64.0 cm³/mol. The molecule has 16 heavy (non-hydrogen) atoms. The zero-order valence-electron chi connectivity index (χ0n) is 9.89. The molecular formula is C12H20N4. The van der Waals surface area contributed by atoms with Gasteiger partial charge in [0.05, 0.1) is 5.69 Å². The Hall–Kier alpha value is -1.00. The van der Waals surface area contributed by atoms with Crippen LogP contribution in [0.4, 0.5) is 0 Å². The van der Waals surface area contributed by atoms with Crippen molar-refractivity contribution in [3.8, 4) is 0 Å². The Morgan fingerprint density at radius 1 is 1.44 bits per heavy atom. The summed E-state index contributed by atoms with van der Waals surface area (Å²) in [5.74, 6) is 0. The highest BCUT2D eigenvalue weighted by atomic mass is 15.1. The summed E-state index contributed by atoms with van der Waals surface area (Å²) in [5.41, 5.74) is 1.03. The minimum absolute atomic E-state index is 0.643. The molecular weight excluding hydrogens is 200 g/mol. The highest BCUT2D eigenvalue weighted by molar-refractivity contribution is 4.98. The number of hydrogen-bond acceptors (Lipinski definition) is 4. The van der Waals surface area contributed by atoms with E-state index in [1.54, 1.807) is 6.20 Å². The van der Waals surface area contributed by atoms with Gasteiger partial charge in [-0.2, -0.15) is 10.2 Å². The van der Waals surface area contributed by atoms with E-state index in [2.05, 4.69) is 27.3 Å². The van der Waals surface area contributed by atoms with Gasteiger partial charge >= 0.3 is 0 Å². The molecule has 0 unspecified atom stereocenters. The predicted octanol–water partition coefficient (Wildman–Crippen LogP) is 1.05. The van der Waals surface area contributed by atoms with Gasteiger partial charge in [0, 0.05) is 18.8 Å². The van der Waals surface area contributed by atoms with Gasteiger partial charge in [0.15, 0.2) is 0 Å².